The van der Waals surface area contributed by atoms with Crippen molar-refractivity contribution < 1.29 is 13.2 Å². The van der Waals surface area contributed by atoms with E-state index < -0.39 is 9.84 Å². The molecule has 0 amide bonds. The molecule has 4 rings (SSSR count). The second-order valence-electron chi connectivity index (χ2n) is 6.55. The van der Waals surface area contributed by atoms with Crippen LogP contribution < -0.4 is 9.64 Å². The number of ether oxygens (including phenoxy) is 1. The van der Waals surface area contributed by atoms with Gasteiger partial charge in [0.05, 0.1) is 36.4 Å². The molecule has 2 heterocycles. The highest BCUT2D eigenvalue weighted by Crippen LogP contribution is 2.40. The number of rotatable bonds is 4. The predicted molar refractivity (Wildman–Crippen MR) is 112 cm³/mol. The SMILES string of the molecule is COc1ccccc1N1C(SCc2ccccc2Cl)=N[C@H]2CS(=O)(=O)C[C@H]21. The van der Waals surface area contributed by atoms with E-state index in [9.17, 15) is 8.42 Å². The van der Waals surface area contributed by atoms with Gasteiger partial charge in [0.1, 0.15) is 5.75 Å². The second kappa shape index (κ2) is 7.37. The minimum Gasteiger partial charge on any atom is -0.495 e. The fourth-order valence-corrected chi connectivity index (χ4v) is 6.75. The van der Waals surface area contributed by atoms with Crippen molar-refractivity contribution in [1.82, 2.24) is 0 Å². The van der Waals surface area contributed by atoms with Gasteiger partial charge in [-0.1, -0.05) is 53.7 Å². The standard InChI is InChI=1S/C19H19ClN2O3S2/c1-25-18-9-5-4-8-16(18)22-17-12-27(23,24)11-15(17)21-19(22)26-10-13-6-2-3-7-14(13)20/h2-9,15,17H,10-12H2,1H3/t15-,17+/m0/s1. The third-order valence-corrected chi connectivity index (χ3v) is 7.85. The second-order valence-corrected chi connectivity index (χ2v) is 10.0. The summed E-state index contributed by atoms with van der Waals surface area (Å²) < 4.78 is 29.8. The molecule has 0 bridgehead atoms. The molecular weight excluding hydrogens is 404 g/mol. The Kier molecular flexibility index (Phi) is 5.09. The molecule has 2 aliphatic rings. The Balaban J connectivity index is 1.67. The Hall–Kier alpha value is -1.70. The van der Waals surface area contributed by atoms with Crippen LogP contribution in [0.4, 0.5) is 5.69 Å². The number of amidine groups is 1. The first-order chi connectivity index (χ1) is 13.0. The highest BCUT2D eigenvalue weighted by Gasteiger charge is 2.47. The van der Waals surface area contributed by atoms with Crippen molar-refractivity contribution in [3.05, 3.63) is 59.1 Å². The molecule has 0 radical (unpaired) electrons. The van der Waals surface area contributed by atoms with Gasteiger partial charge in [-0.2, -0.15) is 0 Å². The zero-order chi connectivity index (χ0) is 19.0. The number of fused-ring (bicyclic) bond motifs is 1. The lowest BCUT2D eigenvalue weighted by Crippen LogP contribution is -2.39. The number of thioether (sulfide) groups is 1. The van der Waals surface area contributed by atoms with Crippen LogP contribution in [0.3, 0.4) is 0 Å². The van der Waals surface area contributed by atoms with E-state index in [2.05, 4.69) is 0 Å². The van der Waals surface area contributed by atoms with Gasteiger partial charge >= 0.3 is 0 Å². The lowest BCUT2D eigenvalue weighted by atomic mass is 10.1. The number of benzene rings is 2. The molecule has 0 unspecified atom stereocenters. The maximum absolute atomic E-state index is 12.2. The van der Waals surface area contributed by atoms with Gasteiger partial charge in [-0.05, 0) is 23.8 Å². The van der Waals surface area contributed by atoms with E-state index in [-0.39, 0.29) is 23.6 Å². The smallest absolute Gasteiger partial charge is 0.164 e. The van der Waals surface area contributed by atoms with Gasteiger partial charge in [0.15, 0.2) is 15.0 Å². The molecule has 0 saturated carbocycles. The fourth-order valence-electron chi connectivity index (χ4n) is 3.50. The van der Waals surface area contributed by atoms with Crippen LogP contribution in [0.1, 0.15) is 5.56 Å². The van der Waals surface area contributed by atoms with E-state index in [0.717, 1.165) is 21.4 Å². The molecule has 5 nitrogen and oxygen atoms in total. The molecule has 2 aromatic rings. The molecule has 2 aromatic carbocycles. The van der Waals surface area contributed by atoms with Crippen LogP contribution in [-0.2, 0) is 15.6 Å². The number of anilines is 1. The normalized spacial score (nSPS) is 23.2. The minimum absolute atomic E-state index is 0.0967. The quantitative estimate of drug-likeness (QED) is 0.753. The molecular formula is C19H19ClN2O3S2. The van der Waals surface area contributed by atoms with Crippen LogP contribution in [0.25, 0.3) is 0 Å². The summed E-state index contributed by atoms with van der Waals surface area (Å²) in [7, 11) is -1.47. The average Bonchev–Trinajstić information content (AvgIpc) is 3.12. The number of para-hydroxylation sites is 2. The van der Waals surface area contributed by atoms with Crippen LogP contribution in [0.5, 0.6) is 5.75 Å². The van der Waals surface area contributed by atoms with Crippen LogP contribution in [0.15, 0.2) is 53.5 Å². The maximum Gasteiger partial charge on any atom is 0.164 e. The summed E-state index contributed by atoms with van der Waals surface area (Å²) in [6, 6.07) is 14.9. The van der Waals surface area contributed by atoms with Crippen LogP contribution >= 0.6 is 23.4 Å². The Labute approximate surface area is 168 Å². The number of aliphatic imine (C=N–C) groups is 1. The van der Waals surface area contributed by atoms with E-state index in [0.29, 0.717) is 11.5 Å². The van der Waals surface area contributed by atoms with Crippen molar-refractivity contribution in [1.29, 1.82) is 0 Å². The number of hydrogen-bond donors (Lipinski definition) is 0. The summed E-state index contributed by atoms with van der Waals surface area (Å²) >= 11 is 7.85. The molecule has 2 aliphatic heterocycles. The van der Waals surface area contributed by atoms with Crippen LogP contribution in [0.2, 0.25) is 5.02 Å². The van der Waals surface area contributed by atoms with Crippen LogP contribution in [-0.4, -0.2) is 44.3 Å². The summed E-state index contributed by atoms with van der Waals surface area (Å²) in [4.78, 5) is 6.77. The number of methoxy groups -OCH3 is 1. The summed E-state index contributed by atoms with van der Waals surface area (Å²) in [6.07, 6.45) is 0. The monoisotopic (exact) mass is 422 g/mol. The molecule has 0 aromatic heterocycles. The van der Waals surface area contributed by atoms with Crippen LogP contribution in [0, 0.1) is 0 Å². The Morgan fingerprint density at radius 1 is 1.19 bits per heavy atom. The molecule has 0 spiro atoms. The number of sulfone groups is 1. The first-order valence-corrected chi connectivity index (χ1v) is 11.7. The highest BCUT2D eigenvalue weighted by molar-refractivity contribution is 8.13. The topological polar surface area (TPSA) is 59.0 Å². The van der Waals surface area contributed by atoms with E-state index in [1.54, 1.807) is 18.9 Å². The first kappa shape index (κ1) is 18.7. The fraction of sp³-hybridized carbons (Fsp3) is 0.316. The van der Waals surface area contributed by atoms with E-state index in [4.69, 9.17) is 21.3 Å². The van der Waals surface area contributed by atoms with Crippen molar-refractivity contribution in [2.24, 2.45) is 4.99 Å². The summed E-state index contributed by atoms with van der Waals surface area (Å²) in [5.74, 6) is 1.57. The summed E-state index contributed by atoms with van der Waals surface area (Å²) in [6.45, 7) is 0. The minimum atomic E-state index is -3.08. The predicted octanol–water partition coefficient (Wildman–Crippen LogP) is 3.62. The van der Waals surface area contributed by atoms with Gasteiger partial charge in [0.25, 0.3) is 0 Å². The van der Waals surface area contributed by atoms with Gasteiger partial charge in [0.2, 0.25) is 0 Å². The number of halogens is 1. The third kappa shape index (κ3) is 3.68. The molecule has 8 heteroatoms. The van der Waals surface area contributed by atoms with E-state index in [1.165, 1.54) is 0 Å². The Bertz CT molecular complexity index is 994. The van der Waals surface area contributed by atoms with Crippen molar-refractivity contribution in [3.8, 4) is 5.75 Å². The van der Waals surface area contributed by atoms with Crippen molar-refractivity contribution in [2.75, 3.05) is 23.5 Å². The molecule has 27 heavy (non-hydrogen) atoms. The molecule has 1 fully saturated rings. The molecule has 142 valence electrons. The van der Waals surface area contributed by atoms with Crippen molar-refractivity contribution >= 4 is 44.1 Å². The third-order valence-electron chi connectivity index (χ3n) is 4.77. The molecule has 0 N–H and O–H groups in total. The molecule has 1 saturated heterocycles. The number of nitrogens with zero attached hydrogens (tertiary/aromatic N) is 2. The zero-order valence-electron chi connectivity index (χ0n) is 14.7. The Morgan fingerprint density at radius 2 is 1.93 bits per heavy atom. The van der Waals surface area contributed by atoms with E-state index in [1.807, 2.05) is 53.4 Å². The molecule has 2 atom stereocenters. The lowest BCUT2D eigenvalue weighted by molar-refractivity contribution is 0.415. The number of hydrogen-bond acceptors (Lipinski definition) is 6. The highest BCUT2D eigenvalue weighted by atomic mass is 35.5. The summed E-state index contributed by atoms with van der Waals surface area (Å²) in [5.41, 5.74) is 1.87. The maximum atomic E-state index is 12.2. The largest absolute Gasteiger partial charge is 0.495 e. The van der Waals surface area contributed by atoms with Crippen molar-refractivity contribution in [3.63, 3.8) is 0 Å². The van der Waals surface area contributed by atoms with Gasteiger partial charge in [-0.25, -0.2) is 8.42 Å². The van der Waals surface area contributed by atoms with Gasteiger partial charge in [-0.15, -0.1) is 0 Å². The van der Waals surface area contributed by atoms with Gasteiger partial charge in [0, 0.05) is 10.8 Å². The summed E-state index contributed by atoms with van der Waals surface area (Å²) in [5, 5.41) is 1.53. The van der Waals surface area contributed by atoms with Crippen molar-refractivity contribution in [2.45, 2.75) is 17.8 Å². The molecule has 0 aliphatic carbocycles. The van der Waals surface area contributed by atoms with Gasteiger partial charge < -0.3 is 9.64 Å². The van der Waals surface area contributed by atoms with E-state index >= 15 is 0 Å². The average molecular weight is 423 g/mol. The van der Waals surface area contributed by atoms with Gasteiger partial charge in [-0.3, -0.25) is 4.99 Å². The Morgan fingerprint density at radius 3 is 2.70 bits per heavy atom. The lowest BCUT2D eigenvalue weighted by Gasteiger charge is -2.28. The zero-order valence-corrected chi connectivity index (χ0v) is 17.1. The first-order valence-electron chi connectivity index (χ1n) is 8.55.